The van der Waals surface area contributed by atoms with Crippen molar-refractivity contribution in [1.82, 2.24) is 9.97 Å². The van der Waals surface area contributed by atoms with Gasteiger partial charge < -0.3 is 0 Å². The van der Waals surface area contributed by atoms with Crippen molar-refractivity contribution in [2.75, 3.05) is 10.5 Å². The van der Waals surface area contributed by atoms with Crippen LogP contribution in [0, 0.1) is 0 Å². The summed E-state index contributed by atoms with van der Waals surface area (Å²) in [7, 11) is -3.46. The zero-order chi connectivity index (χ0) is 13.7. The van der Waals surface area contributed by atoms with E-state index in [0.717, 1.165) is 5.56 Å². The fourth-order valence-corrected chi connectivity index (χ4v) is 2.67. The molecule has 0 amide bonds. The molecular formula is C12H12ClN3O2S. The first-order chi connectivity index (χ1) is 9.05. The SMILES string of the molecule is O=S(=O)(CCc1ccccc1)Nc1cncc(Cl)n1. The predicted octanol–water partition coefficient (Wildman–Crippen LogP) is 2.11. The van der Waals surface area contributed by atoms with Gasteiger partial charge in [0.25, 0.3) is 0 Å². The van der Waals surface area contributed by atoms with E-state index in [0.29, 0.717) is 6.42 Å². The molecule has 0 unspecified atom stereocenters. The Bertz CT molecular complexity index is 647. The minimum Gasteiger partial charge on any atom is -0.266 e. The Morgan fingerprint density at radius 3 is 2.58 bits per heavy atom. The molecule has 7 heteroatoms. The van der Waals surface area contributed by atoms with Crippen LogP contribution >= 0.6 is 11.6 Å². The fourth-order valence-electron chi connectivity index (χ4n) is 1.50. The summed E-state index contributed by atoms with van der Waals surface area (Å²) < 4.78 is 26.1. The van der Waals surface area contributed by atoms with Gasteiger partial charge in [0, 0.05) is 0 Å². The molecule has 0 bridgehead atoms. The number of hydrogen-bond acceptors (Lipinski definition) is 4. The number of sulfonamides is 1. The lowest BCUT2D eigenvalue weighted by Gasteiger charge is -2.07. The summed E-state index contributed by atoms with van der Waals surface area (Å²) in [4.78, 5) is 7.59. The van der Waals surface area contributed by atoms with Crippen LogP contribution in [-0.2, 0) is 16.4 Å². The normalized spacial score (nSPS) is 11.2. The molecule has 1 aromatic heterocycles. The summed E-state index contributed by atoms with van der Waals surface area (Å²) in [5, 5.41) is 0.142. The minimum atomic E-state index is -3.46. The van der Waals surface area contributed by atoms with Gasteiger partial charge in [-0.25, -0.2) is 13.4 Å². The van der Waals surface area contributed by atoms with E-state index in [1.807, 2.05) is 30.3 Å². The Hall–Kier alpha value is -1.66. The Kier molecular flexibility index (Phi) is 4.34. The topological polar surface area (TPSA) is 72.0 Å². The molecule has 0 aliphatic rings. The van der Waals surface area contributed by atoms with Crippen molar-refractivity contribution >= 4 is 27.4 Å². The van der Waals surface area contributed by atoms with Crippen molar-refractivity contribution in [3.63, 3.8) is 0 Å². The molecule has 0 saturated carbocycles. The number of rotatable bonds is 5. The number of nitrogens with one attached hydrogen (secondary N) is 1. The standard InChI is InChI=1S/C12H12ClN3O2S/c13-11-8-14-9-12(15-11)16-19(17,18)7-6-10-4-2-1-3-5-10/h1-5,8-9H,6-7H2,(H,15,16). The van der Waals surface area contributed by atoms with Crippen LogP contribution in [0.15, 0.2) is 42.7 Å². The van der Waals surface area contributed by atoms with Crippen molar-refractivity contribution in [2.24, 2.45) is 0 Å². The first-order valence-electron chi connectivity index (χ1n) is 5.57. The molecule has 0 atom stereocenters. The van der Waals surface area contributed by atoms with E-state index in [1.165, 1.54) is 12.4 Å². The molecule has 0 fully saturated rings. The van der Waals surface area contributed by atoms with E-state index in [1.54, 1.807) is 0 Å². The van der Waals surface area contributed by atoms with Crippen molar-refractivity contribution in [2.45, 2.75) is 6.42 Å². The third-order valence-corrected chi connectivity index (χ3v) is 3.81. The second kappa shape index (κ2) is 5.99. The average Bonchev–Trinajstić information content (AvgIpc) is 2.37. The molecule has 0 spiro atoms. The first-order valence-corrected chi connectivity index (χ1v) is 7.60. The molecule has 0 radical (unpaired) electrons. The van der Waals surface area contributed by atoms with Crippen LogP contribution in [-0.4, -0.2) is 24.1 Å². The van der Waals surface area contributed by atoms with E-state index >= 15 is 0 Å². The molecule has 2 rings (SSSR count). The number of aromatic nitrogens is 2. The van der Waals surface area contributed by atoms with Gasteiger partial charge in [0.05, 0.1) is 18.1 Å². The van der Waals surface area contributed by atoms with Crippen molar-refractivity contribution in [3.8, 4) is 0 Å². The van der Waals surface area contributed by atoms with Crippen LogP contribution in [0.5, 0.6) is 0 Å². The van der Waals surface area contributed by atoms with E-state index in [9.17, 15) is 8.42 Å². The van der Waals surface area contributed by atoms with Gasteiger partial charge >= 0.3 is 0 Å². The Morgan fingerprint density at radius 2 is 1.89 bits per heavy atom. The Morgan fingerprint density at radius 1 is 1.16 bits per heavy atom. The highest BCUT2D eigenvalue weighted by molar-refractivity contribution is 7.92. The first kappa shape index (κ1) is 13.8. The average molecular weight is 298 g/mol. The number of halogens is 1. The minimum absolute atomic E-state index is 0.0226. The number of anilines is 1. The zero-order valence-electron chi connectivity index (χ0n) is 9.95. The predicted molar refractivity (Wildman–Crippen MR) is 74.6 cm³/mol. The van der Waals surface area contributed by atoms with Crippen LogP contribution in [0.25, 0.3) is 0 Å². The van der Waals surface area contributed by atoms with E-state index in [2.05, 4.69) is 14.7 Å². The van der Waals surface area contributed by atoms with Gasteiger partial charge in [-0.15, -0.1) is 0 Å². The smallest absolute Gasteiger partial charge is 0.234 e. The van der Waals surface area contributed by atoms with Gasteiger partial charge in [-0.3, -0.25) is 9.71 Å². The molecule has 0 aliphatic carbocycles. The summed E-state index contributed by atoms with van der Waals surface area (Å²) in [6.07, 6.45) is 3.08. The largest absolute Gasteiger partial charge is 0.266 e. The van der Waals surface area contributed by atoms with Crippen molar-refractivity contribution < 1.29 is 8.42 Å². The lowest BCUT2D eigenvalue weighted by atomic mass is 10.2. The molecule has 0 saturated heterocycles. The van der Waals surface area contributed by atoms with Gasteiger partial charge in [0.2, 0.25) is 10.0 Å². The van der Waals surface area contributed by atoms with Crippen molar-refractivity contribution in [3.05, 3.63) is 53.4 Å². The van der Waals surface area contributed by atoms with E-state index in [4.69, 9.17) is 11.6 Å². The highest BCUT2D eigenvalue weighted by Crippen LogP contribution is 2.09. The van der Waals surface area contributed by atoms with Gasteiger partial charge in [0.15, 0.2) is 5.82 Å². The second-order valence-electron chi connectivity index (χ2n) is 3.88. The highest BCUT2D eigenvalue weighted by Gasteiger charge is 2.11. The van der Waals surface area contributed by atoms with E-state index < -0.39 is 10.0 Å². The lowest BCUT2D eigenvalue weighted by molar-refractivity contribution is 0.600. The number of nitrogens with zero attached hydrogens (tertiary/aromatic N) is 2. The molecule has 19 heavy (non-hydrogen) atoms. The third-order valence-electron chi connectivity index (χ3n) is 2.37. The summed E-state index contributed by atoms with van der Waals surface area (Å²) >= 11 is 5.64. The third kappa shape index (κ3) is 4.50. The Labute approximate surface area is 116 Å². The molecule has 1 aromatic carbocycles. The molecule has 0 aliphatic heterocycles. The van der Waals surface area contributed by atoms with Gasteiger partial charge in [0.1, 0.15) is 5.15 Å². The zero-order valence-corrected chi connectivity index (χ0v) is 11.5. The summed E-state index contributed by atoms with van der Waals surface area (Å²) in [6, 6.07) is 9.40. The molecular weight excluding hydrogens is 286 g/mol. The molecule has 1 N–H and O–H groups in total. The molecule has 2 aromatic rings. The van der Waals surface area contributed by atoms with Crippen LogP contribution in [0.1, 0.15) is 5.56 Å². The van der Waals surface area contributed by atoms with Crippen LogP contribution in [0.2, 0.25) is 5.15 Å². The molecule has 1 heterocycles. The Balaban J connectivity index is 1.99. The van der Waals surface area contributed by atoms with Gasteiger partial charge in [-0.2, -0.15) is 0 Å². The summed E-state index contributed by atoms with van der Waals surface area (Å²) in [5.41, 5.74) is 0.963. The lowest BCUT2D eigenvalue weighted by Crippen LogP contribution is -2.19. The maximum atomic E-state index is 11.9. The monoisotopic (exact) mass is 297 g/mol. The maximum absolute atomic E-state index is 11.9. The van der Waals surface area contributed by atoms with Crippen LogP contribution < -0.4 is 4.72 Å². The number of hydrogen-bond donors (Lipinski definition) is 1. The second-order valence-corrected chi connectivity index (χ2v) is 6.11. The van der Waals surface area contributed by atoms with Crippen LogP contribution in [0.4, 0.5) is 5.82 Å². The highest BCUT2D eigenvalue weighted by atomic mass is 35.5. The number of aryl methyl sites for hydroxylation is 1. The quantitative estimate of drug-likeness (QED) is 0.917. The van der Waals surface area contributed by atoms with Gasteiger partial charge in [-0.1, -0.05) is 41.9 Å². The van der Waals surface area contributed by atoms with E-state index in [-0.39, 0.29) is 16.7 Å². The number of benzene rings is 1. The fraction of sp³-hybridized carbons (Fsp3) is 0.167. The maximum Gasteiger partial charge on any atom is 0.234 e. The van der Waals surface area contributed by atoms with Crippen molar-refractivity contribution in [1.29, 1.82) is 0 Å². The van der Waals surface area contributed by atoms with Gasteiger partial charge in [-0.05, 0) is 12.0 Å². The van der Waals surface area contributed by atoms with Crippen LogP contribution in [0.3, 0.4) is 0 Å². The molecule has 5 nitrogen and oxygen atoms in total. The summed E-state index contributed by atoms with van der Waals surface area (Å²) in [6.45, 7) is 0. The molecule has 100 valence electrons. The summed E-state index contributed by atoms with van der Waals surface area (Å²) in [5.74, 6) is 0.103.